The first-order valence-electron chi connectivity index (χ1n) is 6.36. The van der Waals surface area contributed by atoms with Gasteiger partial charge in [-0.2, -0.15) is 0 Å². The van der Waals surface area contributed by atoms with Gasteiger partial charge in [-0.3, -0.25) is 0 Å². The molecule has 1 heterocycles. The molecule has 0 aliphatic carbocycles. The standard InChI is InChI=1S/C15H17Cl2NO/c1-3-12-5-6-13(19-12)9-18-10(2)14-7-4-11(16)8-15(14)17/h4-8,10,18H,3,9H2,1-2H3. The van der Waals surface area contributed by atoms with Crippen molar-refractivity contribution < 1.29 is 4.42 Å². The average Bonchev–Trinajstić information content (AvgIpc) is 2.84. The molecule has 102 valence electrons. The predicted molar refractivity (Wildman–Crippen MR) is 79.8 cm³/mol. The minimum Gasteiger partial charge on any atom is -0.465 e. The van der Waals surface area contributed by atoms with E-state index in [2.05, 4.69) is 19.2 Å². The summed E-state index contributed by atoms with van der Waals surface area (Å²) in [5.74, 6) is 1.95. The van der Waals surface area contributed by atoms with Gasteiger partial charge in [-0.1, -0.05) is 36.2 Å². The molecule has 0 saturated carbocycles. The van der Waals surface area contributed by atoms with Crippen molar-refractivity contribution in [1.82, 2.24) is 5.32 Å². The van der Waals surface area contributed by atoms with Crippen LogP contribution < -0.4 is 5.32 Å². The Labute approximate surface area is 123 Å². The van der Waals surface area contributed by atoms with Gasteiger partial charge in [0.2, 0.25) is 0 Å². The summed E-state index contributed by atoms with van der Waals surface area (Å²) in [6.45, 7) is 4.82. The third-order valence-electron chi connectivity index (χ3n) is 3.08. The van der Waals surface area contributed by atoms with Crippen LogP contribution in [-0.4, -0.2) is 0 Å². The van der Waals surface area contributed by atoms with E-state index >= 15 is 0 Å². The molecular weight excluding hydrogens is 281 g/mol. The molecule has 0 amide bonds. The lowest BCUT2D eigenvalue weighted by Crippen LogP contribution is -2.18. The number of nitrogens with one attached hydrogen (secondary N) is 1. The lowest BCUT2D eigenvalue weighted by Gasteiger charge is -2.15. The van der Waals surface area contributed by atoms with E-state index in [0.717, 1.165) is 23.5 Å². The molecule has 19 heavy (non-hydrogen) atoms. The lowest BCUT2D eigenvalue weighted by atomic mass is 10.1. The van der Waals surface area contributed by atoms with E-state index in [-0.39, 0.29) is 6.04 Å². The average molecular weight is 298 g/mol. The third kappa shape index (κ3) is 3.75. The molecule has 0 spiro atoms. The van der Waals surface area contributed by atoms with Crippen LogP contribution in [0.25, 0.3) is 0 Å². The lowest BCUT2D eigenvalue weighted by molar-refractivity contribution is 0.435. The topological polar surface area (TPSA) is 25.2 Å². The fraction of sp³-hybridized carbons (Fsp3) is 0.333. The Balaban J connectivity index is 1.98. The van der Waals surface area contributed by atoms with Crippen molar-refractivity contribution in [3.8, 4) is 0 Å². The van der Waals surface area contributed by atoms with Gasteiger partial charge in [-0.25, -0.2) is 0 Å². The summed E-state index contributed by atoms with van der Waals surface area (Å²) >= 11 is 12.1. The second kappa shape index (κ2) is 6.47. The molecule has 2 aromatic rings. The number of halogens is 2. The third-order valence-corrected chi connectivity index (χ3v) is 3.64. The van der Waals surface area contributed by atoms with E-state index in [9.17, 15) is 0 Å². The Bertz CT molecular complexity index is 551. The van der Waals surface area contributed by atoms with Crippen LogP contribution >= 0.6 is 23.2 Å². The molecule has 0 bridgehead atoms. The number of hydrogen-bond acceptors (Lipinski definition) is 2. The summed E-state index contributed by atoms with van der Waals surface area (Å²) in [7, 11) is 0. The normalized spacial score (nSPS) is 12.6. The summed E-state index contributed by atoms with van der Waals surface area (Å²) in [5, 5.41) is 4.73. The van der Waals surface area contributed by atoms with Gasteiger partial charge in [0.05, 0.1) is 6.54 Å². The van der Waals surface area contributed by atoms with Gasteiger partial charge in [0.15, 0.2) is 0 Å². The molecule has 1 atom stereocenters. The smallest absolute Gasteiger partial charge is 0.117 e. The van der Waals surface area contributed by atoms with Crippen LogP contribution in [0.4, 0.5) is 0 Å². The SMILES string of the molecule is CCc1ccc(CNC(C)c2ccc(Cl)cc2Cl)o1. The zero-order valence-corrected chi connectivity index (χ0v) is 12.6. The van der Waals surface area contributed by atoms with Crippen molar-refractivity contribution in [3.63, 3.8) is 0 Å². The second-order valence-corrected chi connectivity index (χ2v) is 5.33. The molecule has 0 fully saturated rings. The number of benzene rings is 1. The fourth-order valence-electron chi connectivity index (χ4n) is 1.92. The number of hydrogen-bond donors (Lipinski definition) is 1. The highest BCUT2D eigenvalue weighted by Gasteiger charge is 2.10. The fourth-order valence-corrected chi connectivity index (χ4v) is 2.50. The van der Waals surface area contributed by atoms with Crippen LogP contribution in [0.3, 0.4) is 0 Å². The highest BCUT2D eigenvalue weighted by atomic mass is 35.5. The summed E-state index contributed by atoms with van der Waals surface area (Å²) in [5.41, 5.74) is 1.04. The van der Waals surface area contributed by atoms with Crippen LogP contribution in [0, 0.1) is 0 Å². The molecule has 0 aliphatic heterocycles. The highest BCUT2D eigenvalue weighted by Crippen LogP contribution is 2.26. The Morgan fingerprint density at radius 3 is 2.53 bits per heavy atom. The van der Waals surface area contributed by atoms with Gasteiger partial charge in [0.1, 0.15) is 11.5 Å². The minimum absolute atomic E-state index is 0.139. The van der Waals surface area contributed by atoms with Gasteiger partial charge in [0.25, 0.3) is 0 Å². The van der Waals surface area contributed by atoms with Gasteiger partial charge in [-0.15, -0.1) is 0 Å². The zero-order chi connectivity index (χ0) is 13.8. The van der Waals surface area contributed by atoms with Crippen molar-refractivity contribution in [1.29, 1.82) is 0 Å². The summed E-state index contributed by atoms with van der Waals surface area (Å²) in [6.07, 6.45) is 0.915. The van der Waals surface area contributed by atoms with Crippen LogP contribution in [-0.2, 0) is 13.0 Å². The van der Waals surface area contributed by atoms with Gasteiger partial charge >= 0.3 is 0 Å². The van der Waals surface area contributed by atoms with Crippen molar-refractivity contribution >= 4 is 23.2 Å². The molecule has 1 N–H and O–H groups in total. The first-order valence-corrected chi connectivity index (χ1v) is 7.11. The maximum atomic E-state index is 6.18. The van der Waals surface area contributed by atoms with Crippen LogP contribution in [0.1, 0.15) is 37.0 Å². The quantitative estimate of drug-likeness (QED) is 0.840. The molecule has 4 heteroatoms. The Morgan fingerprint density at radius 1 is 1.16 bits per heavy atom. The van der Waals surface area contributed by atoms with Crippen LogP contribution in [0.15, 0.2) is 34.7 Å². The molecular formula is C15H17Cl2NO. The summed E-state index contributed by atoms with van der Waals surface area (Å²) in [4.78, 5) is 0. The number of aryl methyl sites for hydroxylation is 1. The van der Waals surface area contributed by atoms with Gasteiger partial charge in [-0.05, 0) is 36.8 Å². The van der Waals surface area contributed by atoms with Crippen LogP contribution in [0.2, 0.25) is 10.0 Å². The van der Waals surface area contributed by atoms with Gasteiger partial charge in [0, 0.05) is 22.5 Å². The maximum absolute atomic E-state index is 6.18. The number of furan rings is 1. The first-order chi connectivity index (χ1) is 9.10. The van der Waals surface area contributed by atoms with E-state index in [4.69, 9.17) is 27.6 Å². The van der Waals surface area contributed by atoms with E-state index in [0.29, 0.717) is 16.6 Å². The largest absolute Gasteiger partial charge is 0.465 e. The first kappa shape index (κ1) is 14.4. The maximum Gasteiger partial charge on any atom is 0.117 e. The minimum atomic E-state index is 0.139. The molecule has 2 rings (SSSR count). The van der Waals surface area contributed by atoms with Crippen molar-refractivity contribution in [2.45, 2.75) is 32.9 Å². The Hall–Kier alpha value is -0.960. The van der Waals surface area contributed by atoms with Crippen LogP contribution in [0.5, 0.6) is 0 Å². The van der Waals surface area contributed by atoms with Crippen molar-refractivity contribution in [2.24, 2.45) is 0 Å². The van der Waals surface area contributed by atoms with Crippen molar-refractivity contribution in [3.05, 3.63) is 57.5 Å². The summed E-state index contributed by atoms with van der Waals surface area (Å²) in [6, 6.07) is 9.71. The molecule has 1 aromatic heterocycles. The molecule has 0 aliphatic rings. The Morgan fingerprint density at radius 2 is 1.89 bits per heavy atom. The van der Waals surface area contributed by atoms with Crippen molar-refractivity contribution in [2.75, 3.05) is 0 Å². The monoisotopic (exact) mass is 297 g/mol. The molecule has 1 unspecified atom stereocenters. The highest BCUT2D eigenvalue weighted by molar-refractivity contribution is 6.35. The van der Waals surface area contributed by atoms with E-state index in [1.54, 1.807) is 6.07 Å². The molecule has 0 radical (unpaired) electrons. The summed E-state index contributed by atoms with van der Waals surface area (Å²) < 4.78 is 5.65. The molecule has 1 aromatic carbocycles. The molecule has 0 saturated heterocycles. The number of rotatable bonds is 5. The van der Waals surface area contributed by atoms with E-state index in [1.807, 2.05) is 24.3 Å². The second-order valence-electron chi connectivity index (χ2n) is 4.49. The predicted octanol–water partition coefficient (Wildman–Crippen LogP) is 5.00. The zero-order valence-electron chi connectivity index (χ0n) is 11.0. The Kier molecular flexibility index (Phi) is 4.92. The van der Waals surface area contributed by atoms with E-state index < -0.39 is 0 Å². The van der Waals surface area contributed by atoms with Gasteiger partial charge < -0.3 is 9.73 Å². The molecule has 2 nitrogen and oxygen atoms in total. The van der Waals surface area contributed by atoms with E-state index in [1.165, 1.54) is 0 Å².